The highest BCUT2D eigenvalue weighted by Crippen LogP contribution is 1.97. The third-order valence-electron chi connectivity index (χ3n) is 3.62. The Morgan fingerprint density at radius 3 is 0.241 bits per heavy atom. The van der Waals surface area contributed by atoms with Crippen molar-refractivity contribution in [1.82, 2.24) is 0 Å². The molecule has 0 atom stereocenters. The van der Waals surface area contributed by atoms with Gasteiger partial charge in [-0.2, -0.15) is 0 Å². The van der Waals surface area contributed by atoms with Crippen molar-refractivity contribution in [1.29, 1.82) is 0 Å². The van der Waals surface area contributed by atoms with Gasteiger partial charge >= 0.3 is 0 Å². The van der Waals surface area contributed by atoms with Gasteiger partial charge in [0.05, 0.1) is 0 Å². The Morgan fingerprint density at radius 1 is 0.195 bits per heavy atom. The quantitative estimate of drug-likeness (QED) is 0.266. The van der Waals surface area contributed by atoms with Gasteiger partial charge in [-0.25, -0.2) is 0 Å². The van der Waals surface area contributed by atoms with Crippen LogP contribution < -0.4 is 0 Å². The molecule has 592 valence electrons. The lowest BCUT2D eigenvalue weighted by Crippen LogP contribution is -2.03. The average Bonchev–Trinajstić information content (AvgIpc) is 3.28. The lowest BCUT2D eigenvalue weighted by Gasteiger charge is -1.96. The summed E-state index contributed by atoms with van der Waals surface area (Å²) in [5.41, 5.74) is 0. The first-order chi connectivity index (χ1) is 32.3. The lowest BCUT2D eigenvalue weighted by atomic mass is 10.1. The summed E-state index contributed by atoms with van der Waals surface area (Å²) < 4.78 is 0. The summed E-state index contributed by atoms with van der Waals surface area (Å²) in [4.78, 5) is 21.0. The van der Waals surface area contributed by atoms with Crippen LogP contribution in [-0.2, 0) is 9.59 Å². The van der Waals surface area contributed by atoms with E-state index in [1.54, 1.807) is 0 Å². The van der Waals surface area contributed by atoms with Gasteiger partial charge in [0.1, 0.15) is 11.6 Å². The molecular weight excluding hydrogens is 1050 g/mol. The highest BCUT2D eigenvalue weighted by molar-refractivity contribution is 5.80. The summed E-state index contributed by atoms with van der Waals surface area (Å²) in [6.07, 6.45) is 11.5. The molecule has 0 aromatic heterocycles. The number of carbonyl (C=O) groups is 2. The van der Waals surface area contributed by atoms with E-state index in [1.165, 1.54) is 51.4 Å². The molecule has 0 bridgehead atoms. The molecule has 0 saturated heterocycles. The largest absolute Gasteiger partial charge is 0.299 e. The number of carbonyl (C=O) groups excluding carboxylic acids is 2. The van der Waals surface area contributed by atoms with Gasteiger partial charge in [-0.15, -0.1) is 0 Å². The molecule has 0 rings (SSSR count). The Balaban J connectivity index is -0.00000000865. The highest BCUT2D eigenvalue weighted by atomic mass is 16.1. The molecule has 0 aromatic carbocycles. The van der Waals surface area contributed by atoms with E-state index in [0.29, 0.717) is 24.4 Å². The minimum absolute atomic E-state index is 0. The molecule has 0 spiro atoms. The first-order valence-electron chi connectivity index (χ1n) is 31.4. The molecular formula is C85H240O2. The lowest BCUT2D eigenvalue weighted by molar-refractivity contribution is -0.122. The Morgan fingerprint density at radius 2 is 0.241 bits per heavy atom. The molecule has 0 heterocycles. The molecule has 2 heteroatoms. The second-order valence-corrected chi connectivity index (χ2v) is 18.7. The molecule has 0 radical (unpaired) electrons. The third-order valence-corrected chi connectivity index (χ3v) is 3.62. The van der Waals surface area contributed by atoms with Gasteiger partial charge < -0.3 is 0 Å². The van der Waals surface area contributed by atoms with Crippen LogP contribution in [0.5, 0.6) is 0 Å². The number of hydrogen-bond donors (Lipinski definition) is 0. The van der Waals surface area contributed by atoms with Crippen LogP contribution in [0.25, 0.3) is 0 Å². The van der Waals surface area contributed by atoms with Crippen molar-refractivity contribution in [3.05, 3.63) is 0 Å². The van der Waals surface area contributed by atoms with Crippen LogP contribution in [0.2, 0.25) is 0 Å². The van der Waals surface area contributed by atoms with Crippen molar-refractivity contribution >= 4 is 11.6 Å². The van der Waals surface area contributed by atoms with E-state index in [4.69, 9.17) is 0 Å². The summed E-state index contributed by atoms with van der Waals surface area (Å²) in [6, 6.07) is 0. The second kappa shape index (κ2) is 392. The molecule has 0 N–H and O–H groups in total. The third kappa shape index (κ3) is 2520. The summed E-state index contributed by atoms with van der Waals surface area (Å²) in [5, 5.41) is 0. The Hall–Kier alpha value is -0.660. The molecule has 0 aliphatic rings. The van der Waals surface area contributed by atoms with Crippen LogP contribution >= 0.6 is 0 Å². The zero-order chi connectivity index (χ0) is 62.8. The standard InChI is InChI=1S/2C6H12O.2C5H12.4C4H10.6C3H8.6C2H6.17CH4/c2*1-4-6(7)5(2)3;2*1-4-5(2)3;4*1-4(2)3;6*1-3-2;6*1-2;;;;;;;;;;;;;;;;;/h2*5H,4H2,1-3H3;2*5H,4H2,1-3H3;4*4H,1-3H3;6*3H2,1-2H3;6*1-2H3;17*1H4. The molecule has 0 amide bonds. The maximum Gasteiger partial charge on any atom is 0.135 e. The molecule has 0 aliphatic carbocycles. The maximum absolute atomic E-state index is 10.5. The zero-order valence-corrected chi connectivity index (χ0v) is 61.5. The van der Waals surface area contributed by atoms with Crippen molar-refractivity contribution in [3.63, 3.8) is 0 Å². The van der Waals surface area contributed by atoms with E-state index >= 15 is 0 Å². The monoisotopic (exact) mass is 1290 g/mol. The van der Waals surface area contributed by atoms with E-state index in [1.807, 2.05) is 125 Å². The van der Waals surface area contributed by atoms with E-state index in [-0.39, 0.29) is 138 Å². The molecule has 0 aromatic rings. The van der Waals surface area contributed by atoms with Gasteiger partial charge in [-0.1, -0.05) is 510 Å². The fourth-order valence-electron chi connectivity index (χ4n) is 0.816. The summed E-state index contributed by atoms with van der Waals surface area (Å²) in [7, 11) is 0. The van der Waals surface area contributed by atoms with Gasteiger partial charge in [0.2, 0.25) is 0 Å². The minimum Gasteiger partial charge on any atom is -0.299 e. The van der Waals surface area contributed by atoms with E-state index < -0.39 is 0 Å². The van der Waals surface area contributed by atoms with Crippen molar-refractivity contribution in [2.24, 2.45) is 47.3 Å². The summed E-state index contributed by atoms with van der Waals surface area (Å²) in [6.45, 7) is 100. The SMILES string of the molecule is C.C.C.C.C.C.C.C.C.C.C.C.C.C.C.C.C.CC.CC.CC.CC.CC.CC.CC(C)C.CC(C)C.CC(C)C.CC(C)C.CCC.CCC.CCC.CCC.CCC.CCC.CCC(=O)C(C)C.CCC(=O)C(C)C.CCC(C)C.CCC(C)C. The fraction of sp³-hybridized carbons (Fsp3) is 0.976. The van der Waals surface area contributed by atoms with Crippen LogP contribution in [0.15, 0.2) is 0 Å². The first kappa shape index (κ1) is 258. The normalized spacial score (nSPS) is 5.98. The number of rotatable bonds is 6. The Kier molecular flexibility index (Phi) is 1160. The Labute approximate surface area is 588 Å². The van der Waals surface area contributed by atoms with Crippen LogP contribution in [0.4, 0.5) is 0 Å². The smallest absolute Gasteiger partial charge is 0.135 e. The van der Waals surface area contributed by atoms with Gasteiger partial charge in [0.15, 0.2) is 0 Å². The summed E-state index contributed by atoms with van der Waals surface area (Å²) >= 11 is 0. The van der Waals surface area contributed by atoms with E-state index in [9.17, 15) is 9.59 Å². The first-order valence-corrected chi connectivity index (χ1v) is 31.4. The molecule has 0 fully saturated rings. The van der Waals surface area contributed by atoms with Crippen LogP contribution in [-0.4, -0.2) is 11.6 Å². The van der Waals surface area contributed by atoms with Crippen molar-refractivity contribution in [3.8, 4) is 0 Å². The van der Waals surface area contributed by atoms with Gasteiger partial charge in [-0.3, -0.25) is 9.59 Å². The minimum atomic E-state index is 0. The molecule has 0 aliphatic heterocycles. The second-order valence-electron chi connectivity index (χ2n) is 18.7. The molecule has 2 nitrogen and oxygen atoms in total. The van der Waals surface area contributed by atoms with Gasteiger partial charge in [-0.05, 0) is 35.5 Å². The molecule has 87 heavy (non-hydrogen) atoms. The summed E-state index contributed by atoms with van der Waals surface area (Å²) in [5.74, 6) is 6.25. The predicted octanol–water partition coefficient (Wildman–Crippen LogP) is 39.5. The average molecular weight is 1290 g/mol. The van der Waals surface area contributed by atoms with E-state index in [0.717, 1.165) is 35.5 Å². The number of hydrogen-bond acceptors (Lipinski definition) is 2. The topological polar surface area (TPSA) is 34.1 Å². The molecule has 0 saturated carbocycles. The molecule has 0 unspecified atom stereocenters. The van der Waals surface area contributed by atoms with E-state index in [2.05, 4.69) is 208 Å². The predicted molar refractivity (Wildman–Crippen MR) is 471 cm³/mol. The highest BCUT2D eigenvalue weighted by Gasteiger charge is 2.01. The van der Waals surface area contributed by atoms with Crippen molar-refractivity contribution < 1.29 is 9.59 Å². The zero-order valence-electron chi connectivity index (χ0n) is 61.5. The van der Waals surface area contributed by atoms with Gasteiger partial charge in [0, 0.05) is 24.7 Å². The van der Waals surface area contributed by atoms with Crippen LogP contribution in [0.1, 0.15) is 523 Å². The van der Waals surface area contributed by atoms with Crippen LogP contribution in [0.3, 0.4) is 0 Å². The fourth-order valence-corrected chi connectivity index (χ4v) is 0.816. The van der Waals surface area contributed by atoms with Crippen molar-refractivity contribution in [2.75, 3.05) is 0 Å². The number of ketones is 2. The van der Waals surface area contributed by atoms with Gasteiger partial charge in [0.25, 0.3) is 0 Å². The number of Topliss-reactive ketones (excluding diaryl/α,β-unsaturated/α-hetero) is 2. The maximum atomic E-state index is 10.5. The Bertz CT molecular complexity index is 419. The van der Waals surface area contributed by atoms with Crippen LogP contribution in [0, 0.1) is 47.3 Å². The van der Waals surface area contributed by atoms with Crippen molar-refractivity contribution in [2.45, 2.75) is 523 Å².